The highest BCUT2D eigenvalue weighted by Crippen LogP contribution is 2.27. The molecule has 4 rings (SSSR count). The minimum absolute atomic E-state index is 0.194. The van der Waals surface area contributed by atoms with Crippen LogP contribution in [0.3, 0.4) is 0 Å². The molecule has 0 unspecified atom stereocenters. The number of hydrogen-bond donors (Lipinski definition) is 1. The van der Waals surface area contributed by atoms with E-state index in [9.17, 15) is 4.79 Å². The number of benzene rings is 2. The average Bonchev–Trinajstić information content (AvgIpc) is 3.36. The standard InChI is InChI=1S/C22H19BrN4O3S/c1-29-19-8-3-14(9-20(19)30-2)11-24-26-21(28)10-17-13-31-22-25-18(12-27(17)22)15-4-6-16(23)7-5-15/h3-9,11-13H,10H2,1-2H3,(H,26,28)/b24-11+. The minimum Gasteiger partial charge on any atom is -0.493 e. The van der Waals surface area contributed by atoms with E-state index in [1.807, 2.05) is 46.3 Å². The Hall–Kier alpha value is -3.17. The van der Waals surface area contributed by atoms with E-state index in [2.05, 4.69) is 31.4 Å². The molecule has 0 atom stereocenters. The summed E-state index contributed by atoms with van der Waals surface area (Å²) in [5.41, 5.74) is 6.10. The Morgan fingerprint density at radius 1 is 1.19 bits per heavy atom. The van der Waals surface area contributed by atoms with Gasteiger partial charge in [0.05, 0.1) is 32.5 Å². The summed E-state index contributed by atoms with van der Waals surface area (Å²) in [5, 5.41) is 5.98. The maximum Gasteiger partial charge on any atom is 0.246 e. The number of ether oxygens (including phenoxy) is 2. The van der Waals surface area contributed by atoms with Crippen LogP contribution in [0.1, 0.15) is 11.3 Å². The van der Waals surface area contributed by atoms with Gasteiger partial charge >= 0.3 is 0 Å². The molecule has 2 aromatic carbocycles. The highest BCUT2D eigenvalue weighted by atomic mass is 79.9. The molecule has 0 spiro atoms. The van der Waals surface area contributed by atoms with E-state index in [1.54, 1.807) is 32.6 Å². The molecular formula is C22H19BrN4O3S. The van der Waals surface area contributed by atoms with Crippen molar-refractivity contribution in [2.24, 2.45) is 5.10 Å². The van der Waals surface area contributed by atoms with Crippen molar-refractivity contribution in [2.75, 3.05) is 14.2 Å². The molecule has 0 saturated heterocycles. The molecule has 0 radical (unpaired) electrons. The minimum atomic E-state index is -0.213. The van der Waals surface area contributed by atoms with Crippen LogP contribution in [0.4, 0.5) is 0 Å². The molecule has 0 aliphatic heterocycles. The summed E-state index contributed by atoms with van der Waals surface area (Å²) in [6.45, 7) is 0. The van der Waals surface area contributed by atoms with Gasteiger partial charge in [-0.15, -0.1) is 11.3 Å². The molecule has 0 aliphatic rings. The van der Waals surface area contributed by atoms with Gasteiger partial charge in [-0.25, -0.2) is 10.4 Å². The zero-order valence-electron chi connectivity index (χ0n) is 16.8. The maximum absolute atomic E-state index is 12.4. The van der Waals surface area contributed by atoms with Crippen molar-refractivity contribution in [2.45, 2.75) is 6.42 Å². The first-order chi connectivity index (χ1) is 15.1. The lowest BCUT2D eigenvalue weighted by atomic mass is 10.2. The van der Waals surface area contributed by atoms with Crippen LogP contribution in [-0.4, -0.2) is 35.7 Å². The van der Waals surface area contributed by atoms with Gasteiger partial charge in [0.2, 0.25) is 5.91 Å². The van der Waals surface area contributed by atoms with E-state index in [0.717, 1.165) is 31.9 Å². The second-order valence-electron chi connectivity index (χ2n) is 6.60. The number of nitrogens with zero attached hydrogens (tertiary/aromatic N) is 3. The van der Waals surface area contributed by atoms with Crippen molar-refractivity contribution in [3.8, 4) is 22.8 Å². The number of nitrogens with one attached hydrogen (secondary N) is 1. The predicted molar refractivity (Wildman–Crippen MR) is 125 cm³/mol. The number of imidazole rings is 1. The molecule has 1 amide bonds. The molecule has 9 heteroatoms. The van der Waals surface area contributed by atoms with Crippen molar-refractivity contribution < 1.29 is 14.3 Å². The first kappa shape index (κ1) is 21.1. The summed E-state index contributed by atoms with van der Waals surface area (Å²) < 4.78 is 13.4. The lowest BCUT2D eigenvalue weighted by molar-refractivity contribution is -0.120. The molecule has 7 nitrogen and oxygen atoms in total. The maximum atomic E-state index is 12.4. The van der Waals surface area contributed by atoms with Gasteiger partial charge in [-0.1, -0.05) is 28.1 Å². The molecule has 0 fully saturated rings. The molecule has 2 aromatic heterocycles. The van der Waals surface area contributed by atoms with Crippen LogP contribution in [0, 0.1) is 0 Å². The number of fused-ring (bicyclic) bond motifs is 1. The SMILES string of the molecule is COc1ccc(/C=N/NC(=O)Cc2csc3nc(-c4ccc(Br)cc4)cn23)cc1OC. The van der Waals surface area contributed by atoms with E-state index in [1.165, 1.54) is 11.3 Å². The monoisotopic (exact) mass is 498 g/mol. The fraction of sp³-hybridized carbons (Fsp3) is 0.136. The molecule has 0 bridgehead atoms. The Kier molecular flexibility index (Phi) is 6.34. The Bertz CT molecular complexity index is 1250. The quantitative estimate of drug-likeness (QED) is 0.299. The third-order valence-electron chi connectivity index (χ3n) is 4.58. The van der Waals surface area contributed by atoms with Crippen LogP contribution in [0.2, 0.25) is 0 Å². The molecule has 1 N–H and O–H groups in total. The van der Waals surface area contributed by atoms with E-state index in [0.29, 0.717) is 11.5 Å². The predicted octanol–water partition coefficient (Wildman–Crippen LogP) is 4.54. The third kappa shape index (κ3) is 4.78. The summed E-state index contributed by atoms with van der Waals surface area (Å²) in [7, 11) is 3.15. The average molecular weight is 499 g/mol. The normalized spacial score (nSPS) is 11.2. The van der Waals surface area contributed by atoms with E-state index in [4.69, 9.17) is 9.47 Å². The Morgan fingerprint density at radius 2 is 1.97 bits per heavy atom. The van der Waals surface area contributed by atoms with Crippen LogP contribution in [0.5, 0.6) is 11.5 Å². The van der Waals surface area contributed by atoms with Crippen LogP contribution in [-0.2, 0) is 11.2 Å². The lowest BCUT2D eigenvalue weighted by Gasteiger charge is -2.07. The first-order valence-electron chi connectivity index (χ1n) is 9.32. The van der Waals surface area contributed by atoms with Crippen molar-refractivity contribution in [3.63, 3.8) is 0 Å². The van der Waals surface area contributed by atoms with Gasteiger partial charge in [-0.05, 0) is 35.9 Å². The first-order valence-corrected chi connectivity index (χ1v) is 11.0. The Labute approximate surface area is 191 Å². The molecular weight excluding hydrogens is 480 g/mol. The molecule has 31 heavy (non-hydrogen) atoms. The number of halogens is 1. The smallest absolute Gasteiger partial charge is 0.246 e. The van der Waals surface area contributed by atoms with Crippen LogP contribution >= 0.6 is 27.3 Å². The summed E-state index contributed by atoms with van der Waals surface area (Å²) >= 11 is 4.94. The van der Waals surface area contributed by atoms with Gasteiger partial charge in [0.25, 0.3) is 0 Å². The zero-order valence-corrected chi connectivity index (χ0v) is 19.2. The van der Waals surface area contributed by atoms with Gasteiger partial charge < -0.3 is 9.47 Å². The summed E-state index contributed by atoms with van der Waals surface area (Å²) in [4.78, 5) is 17.9. The van der Waals surface area contributed by atoms with Gasteiger partial charge in [-0.2, -0.15) is 5.10 Å². The second kappa shape index (κ2) is 9.32. The van der Waals surface area contributed by atoms with Crippen LogP contribution in [0.25, 0.3) is 16.2 Å². The summed E-state index contributed by atoms with van der Waals surface area (Å²) in [5.74, 6) is 1.02. The molecule has 0 saturated carbocycles. The number of thiazole rings is 1. The van der Waals surface area contributed by atoms with E-state index >= 15 is 0 Å². The third-order valence-corrected chi connectivity index (χ3v) is 5.99. The van der Waals surface area contributed by atoms with Gasteiger partial charge in [0.15, 0.2) is 16.5 Å². The second-order valence-corrected chi connectivity index (χ2v) is 8.35. The number of rotatable bonds is 7. The van der Waals surface area contributed by atoms with Gasteiger partial charge in [0.1, 0.15) is 0 Å². The lowest BCUT2D eigenvalue weighted by Crippen LogP contribution is -2.20. The highest BCUT2D eigenvalue weighted by molar-refractivity contribution is 9.10. The zero-order chi connectivity index (χ0) is 21.8. The topological polar surface area (TPSA) is 77.2 Å². The fourth-order valence-electron chi connectivity index (χ4n) is 3.03. The number of amides is 1. The van der Waals surface area contributed by atoms with Crippen molar-refractivity contribution in [1.82, 2.24) is 14.8 Å². The van der Waals surface area contributed by atoms with Crippen molar-refractivity contribution in [3.05, 3.63) is 69.8 Å². The number of carbonyl (C=O) groups excluding carboxylic acids is 1. The number of hydrogen-bond acceptors (Lipinski definition) is 6. The summed E-state index contributed by atoms with van der Waals surface area (Å²) in [6, 6.07) is 13.4. The van der Waals surface area contributed by atoms with Crippen LogP contribution in [0.15, 0.2) is 63.6 Å². The van der Waals surface area contributed by atoms with Gasteiger partial charge in [0, 0.05) is 27.3 Å². The Balaban J connectivity index is 1.43. The van der Waals surface area contributed by atoms with Crippen LogP contribution < -0.4 is 14.9 Å². The van der Waals surface area contributed by atoms with Crippen molar-refractivity contribution >= 4 is 44.3 Å². The molecule has 158 valence electrons. The largest absolute Gasteiger partial charge is 0.493 e. The number of hydrazone groups is 1. The Morgan fingerprint density at radius 3 is 2.71 bits per heavy atom. The fourth-order valence-corrected chi connectivity index (χ4v) is 4.17. The van der Waals surface area contributed by atoms with Gasteiger partial charge in [-0.3, -0.25) is 9.20 Å². The molecule has 0 aliphatic carbocycles. The number of carbonyl (C=O) groups is 1. The van der Waals surface area contributed by atoms with E-state index < -0.39 is 0 Å². The summed E-state index contributed by atoms with van der Waals surface area (Å²) in [6.07, 6.45) is 3.70. The number of aromatic nitrogens is 2. The molecule has 4 aromatic rings. The van der Waals surface area contributed by atoms with Crippen molar-refractivity contribution in [1.29, 1.82) is 0 Å². The number of methoxy groups -OCH3 is 2. The molecule has 2 heterocycles. The van der Waals surface area contributed by atoms with E-state index in [-0.39, 0.29) is 12.3 Å². The highest BCUT2D eigenvalue weighted by Gasteiger charge is 2.12.